The minimum absolute atomic E-state index is 0.297. The molecule has 0 aromatic heterocycles. The van der Waals surface area contributed by atoms with E-state index in [1.54, 1.807) is 0 Å². The van der Waals surface area contributed by atoms with Crippen molar-refractivity contribution in [2.45, 2.75) is 38.3 Å². The van der Waals surface area contributed by atoms with E-state index in [0.29, 0.717) is 18.4 Å². The van der Waals surface area contributed by atoms with Crippen molar-refractivity contribution in [1.82, 2.24) is 10.2 Å². The zero-order valence-corrected chi connectivity index (χ0v) is 12.6. The standard InChI is InChI=1S/C16H24N2O2/c1-12(18-8-6-16(2,17-3)7-9-18)13-4-5-14-15(10-13)20-11-19-14/h4-5,10,12,17H,6-9,11H2,1-3H3. The minimum Gasteiger partial charge on any atom is -0.454 e. The summed E-state index contributed by atoms with van der Waals surface area (Å²) >= 11 is 0. The molecule has 1 fully saturated rings. The first kappa shape index (κ1) is 13.7. The molecular weight excluding hydrogens is 252 g/mol. The Morgan fingerprint density at radius 1 is 1.20 bits per heavy atom. The topological polar surface area (TPSA) is 33.7 Å². The Labute approximate surface area is 121 Å². The van der Waals surface area contributed by atoms with Gasteiger partial charge < -0.3 is 14.8 Å². The molecule has 0 amide bonds. The van der Waals surface area contributed by atoms with Gasteiger partial charge in [0.2, 0.25) is 6.79 Å². The summed E-state index contributed by atoms with van der Waals surface area (Å²) in [4.78, 5) is 2.55. The van der Waals surface area contributed by atoms with Crippen molar-refractivity contribution >= 4 is 0 Å². The molecule has 1 saturated heterocycles. The number of likely N-dealkylation sites (tertiary alicyclic amines) is 1. The number of rotatable bonds is 3. The van der Waals surface area contributed by atoms with Crippen LogP contribution < -0.4 is 14.8 Å². The van der Waals surface area contributed by atoms with Crippen LogP contribution in [0.25, 0.3) is 0 Å². The maximum Gasteiger partial charge on any atom is 0.231 e. The van der Waals surface area contributed by atoms with Gasteiger partial charge in [-0.15, -0.1) is 0 Å². The maximum atomic E-state index is 5.48. The van der Waals surface area contributed by atoms with Crippen LogP contribution >= 0.6 is 0 Å². The molecular formula is C16H24N2O2. The second kappa shape index (κ2) is 5.26. The third-order valence-corrected chi connectivity index (χ3v) is 4.93. The largest absolute Gasteiger partial charge is 0.454 e. The summed E-state index contributed by atoms with van der Waals surface area (Å²) in [5.74, 6) is 1.74. The molecule has 2 aliphatic rings. The molecule has 0 spiro atoms. The number of nitrogens with zero attached hydrogens (tertiary/aromatic N) is 1. The fourth-order valence-electron chi connectivity index (χ4n) is 3.04. The zero-order valence-electron chi connectivity index (χ0n) is 12.6. The SMILES string of the molecule is CNC1(C)CCN(C(C)c2ccc3c(c2)OCO3)CC1. The van der Waals surface area contributed by atoms with Crippen LogP contribution in [0.5, 0.6) is 11.5 Å². The van der Waals surface area contributed by atoms with E-state index >= 15 is 0 Å². The molecule has 1 aromatic carbocycles. The molecule has 2 heterocycles. The molecule has 0 bridgehead atoms. The summed E-state index contributed by atoms with van der Waals surface area (Å²) < 4.78 is 10.9. The first-order valence-corrected chi connectivity index (χ1v) is 7.44. The van der Waals surface area contributed by atoms with Crippen molar-refractivity contribution in [3.05, 3.63) is 23.8 Å². The normalized spacial score (nSPS) is 22.8. The van der Waals surface area contributed by atoms with Crippen LogP contribution in [0.4, 0.5) is 0 Å². The van der Waals surface area contributed by atoms with E-state index in [-0.39, 0.29) is 0 Å². The first-order valence-electron chi connectivity index (χ1n) is 7.44. The van der Waals surface area contributed by atoms with Gasteiger partial charge in [-0.25, -0.2) is 0 Å². The average molecular weight is 276 g/mol. The number of hydrogen-bond donors (Lipinski definition) is 1. The monoisotopic (exact) mass is 276 g/mol. The predicted molar refractivity (Wildman–Crippen MR) is 79.3 cm³/mol. The summed E-state index contributed by atoms with van der Waals surface area (Å²) in [6, 6.07) is 6.73. The lowest BCUT2D eigenvalue weighted by Gasteiger charge is -2.42. The number of fused-ring (bicyclic) bond motifs is 1. The molecule has 2 aliphatic heterocycles. The number of piperidine rings is 1. The molecule has 0 saturated carbocycles. The predicted octanol–water partition coefficient (Wildman–Crippen LogP) is 2.55. The van der Waals surface area contributed by atoms with Crippen molar-refractivity contribution in [3.8, 4) is 11.5 Å². The van der Waals surface area contributed by atoms with Gasteiger partial charge in [-0.3, -0.25) is 4.90 Å². The van der Waals surface area contributed by atoms with Crippen LogP contribution in [-0.2, 0) is 0 Å². The Kier molecular flexibility index (Phi) is 3.61. The third-order valence-electron chi connectivity index (χ3n) is 4.93. The molecule has 0 radical (unpaired) electrons. The molecule has 3 rings (SSSR count). The highest BCUT2D eigenvalue weighted by atomic mass is 16.7. The molecule has 1 unspecified atom stereocenters. The van der Waals surface area contributed by atoms with Crippen molar-refractivity contribution in [3.63, 3.8) is 0 Å². The van der Waals surface area contributed by atoms with Gasteiger partial charge >= 0.3 is 0 Å². The lowest BCUT2D eigenvalue weighted by atomic mass is 9.88. The quantitative estimate of drug-likeness (QED) is 0.920. The van der Waals surface area contributed by atoms with Gasteiger partial charge in [0.05, 0.1) is 0 Å². The fourth-order valence-corrected chi connectivity index (χ4v) is 3.04. The highest BCUT2D eigenvalue weighted by Gasteiger charge is 2.30. The van der Waals surface area contributed by atoms with Gasteiger partial charge in [0.25, 0.3) is 0 Å². The van der Waals surface area contributed by atoms with E-state index in [2.05, 4.69) is 43.2 Å². The van der Waals surface area contributed by atoms with E-state index in [4.69, 9.17) is 9.47 Å². The zero-order chi connectivity index (χ0) is 14.2. The van der Waals surface area contributed by atoms with E-state index in [1.807, 2.05) is 6.07 Å². The summed E-state index contributed by atoms with van der Waals surface area (Å²) in [6.45, 7) is 7.20. The van der Waals surface area contributed by atoms with Gasteiger partial charge in [0, 0.05) is 24.7 Å². The number of nitrogens with one attached hydrogen (secondary N) is 1. The van der Waals surface area contributed by atoms with Gasteiger partial charge in [-0.05, 0) is 51.4 Å². The Bertz CT molecular complexity index is 481. The van der Waals surface area contributed by atoms with Crippen LogP contribution in [0.2, 0.25) is 0 Å². The van der Waals surface area contributed by atoms with Gasteiger partial charge in [0.15, 0.2) is 11.5 Å². The lowest BCUT2D eigenvalue weighted by Crippen LogP contribution is -2.50. The highest BCUT2D eigenvalue weighted by Crippen LogP contribution is 2.36. The maximum absolute atomic E-state index is 5.48. The van der Waals surface area contributed by atoms with Crippen molar-refractivity contribution in [2.24, 2.45) is 0 Å². The third kappa shape index (κ3) is 2.50. The summed E-state index contributed by atoms with van der Waals surface area (Å²) in [6.07, 6.45) is 2.39. The molecule has 1 aromatic rings. The van der Waals surface area contributed by atoms with Crippen molar-refractivity contribution in [2.75, 3.05) is 26.9 Å². The Morgan fingerprint density at radius 2 is 1.90 bits per heavy atom. The van der Waals surface area contributed by atoms with E-state index < -0.39 is 0 Å². The van der Waals surface area contributed by atoms with E-state index in [0.717, 1.165) is 24.6 Å². The number of ether oxygens (including phenoxy) is 2. The molecule has 4 nitrogen and oxygen atoms in total. The van der Waals surface area contributed by atoms with E-state index in [1.165, 1.54) is 18.4 Å². The molecule has 1 N–H and O–H groups in total. The molecule has 110 valence electrons. The van der Waals surface area contributed by atoms with Crippen LogP contribution in [0, 0.1) is 0 Å². The fraction of sp³-hybridized carbons (Fsp3) is 0.625. The summed E-state index contributed by atoms with van der Waals surface area (Å²) in [7, 11) is 2.07. The van der Waals surface area contributed by atoms with Crippen LogP contribution in [0.15, 0.2) is 18.2 Å². The van der Waals surface area contributed by atoms with Crippen LogP contribution in [0.3, 0.4) is 0 Å². The highest BCUT2D eigenvalue weighted by molar-refractivity contribution is 5.45. The molecule has 0 aliphatic carbocycles. The van der Waals surface area contributed by atoms with Crippen molar-refractivity contribution in [1.29, 1.82) is 0 Å². The Balaban J connectivity index is 1.69. The van der Waals surface area contributed by atoms with Gasteiger partial charge in [0.1, 0.15) is 0 Å². The van der Waals surface area contributed by atoms with E-state index in [9.17, 15) is 0 Å². The first-order chi connectivity index (χ1) is 9.61. The Morgan fingerprint density at radius 3 is 2.60 bits per heavy atom. The lowest BCUT2D eigenvalue weighted by molar-refractivity contribution is 0.117. The van der Waals surface area contributed by atoms with Crippen LogP contribution in [-0.4, -0.2) is 37.4 Å². The number of hydrogen-bond acceptors (Lipinski definition) is 4. The second-order valence-electron chi connectivity index (χ2n) is 6.14. The van der Waals surface area contributed by atoms with Gasteiger partial charge in [-0.2, -0.15) is 0 Å². The van der Waals surface area contributed by atoms with Crippen molar-refractivity contribution < 1.29 is 9.47 Å². The summed E-state index contributed by atoms with van der Waals surface area (Å²) in [5.41, 5.74) is 1.60. The molecule has 20 heavy (non-hydrogen) atoms. The average Bonchev–Trinajstić information content (AvgIpc) is 2.94. The Hall–Kier alpha value is -1.26. The second-order valence-corrected chi connectivity index (χ2v) is 6.14. The van der Waals surface area contributed by atoms with Gasteiger partial charge in [-0.1, -0.05) is 6.07 Å². The smallest absolute Gasteiger partial charge is 0.231 e. The number of benzene rings is 1. The minimum atomic E-state index is 0.297. The summed E-state index contributed by atoms with van der Waals surface area (Å²) in [5, 5.41) is 3.45. The molecule has 1 atom stereocenters. The van der Waals surface area contributed by atoms with Crippen LogP contribution in [0.1, 0.15) is 38.3 Å². The molecule has 4 heteroatoms.